The maximum atomic E-state index is 12.2. The minimum atomic E-state index is -0.191. The minimum absolute atomic E-state index is 0.0607. The Labute approximate surface area is 136 Å². The number of carbonyl (C=O) groups excluding carboxylic acids is 1. The molecular formula is C16H18Br2O2. The van der Waals surface area contributed by atoms with Crippen molar-refractivity contribution >= 4 is 37.6 Å². The third kappa shape index (κ3) is 2.57. The molecule has 1 spiro atoms. The first-order chi connectivity index (χ1) is 9.62. The Morgan fingerprint density at radius 2 is 1.80 bits per heavy atom. The Balaban J connectivity index is 1.78. The van der Waals surface area contributed by atoms with Gasteiger partial charge >= 0.3 is 0 Å². The minimum Gasteiger partial charge on any atom is -0.488 e. The van der Waals surface area contributed by atoms with E-state index < -0.39 is 0 Å². The Bertz CT molecular complexity index is 519. The van der Waals surface area contributed by atoms with Crippen LogP contribution in [0.2, 0.25) is 0 Å². The smallest absolute Gasteiger partial charge is 0.146 e. The molecule has 2 nitrogen and oxygen atoms in total. The van der Waals surface area contributed by atoms with Gasteiger partial charge in [0, 0.05) is 10.9 Å². The van der Waals surface area contributed by atoms with Gasteiger partial charge in [-0.2, -0.15) is 0 Å². The van der Waals surface area contributed by atoms with E-state index in [9.17, 15) is 4.79 Å². The summed E-state index contributed by atoms with van der Waals surface area (Å²) in [4.78, 5) is 12.2. The highest BCUT2D eigenvalue weighted by Gasteiger charge is 2.55. The Morgan fingerprint density at radius 1 is 1.10 bits per heavy atom. The zero-order valence-corrected chi connectivity index (χ0v) is 14.5. The molecule has 20 heavy (non-hydrogen) atoms. The van der Waals surface area contributed by atoms with Crippen LogP contribution in [0, 0.1) is 5.41 Å². The maximum Gasteiger partial charge on any atom is 0.146 e. The number of ether oxygens (including phenoxy) is 1. The third-order valence-electron chi connectivity index (χ3n) is 4.70. The SMILES string of the molecule is O=C1CC(Oc2ccc(Br)cc2Br)C12CCCCCC2. The fraction of sp³-hybridized carbons (Fsp3) is 0.562. The Hall–Kier alpha value is -0.350. The number of rotatable bonds is 2. The van der Waals surface area contributed by atoms with Crippen molar-refractivity contribution < 1.29 is 9.53 Å². The lowest BCUT2D eigenvalue weighted by Crippen LogP contribution is -2.56. The summed E-state index contributed by atoms with van der Waals surface area (Å²) in [5.41, 5.74) is -0.191. The third-order valence-corrected chi connectivity index (χ3v) is 5.81. The summed E-state index contributed by atoms with van der Waals surface area (Å²) < 4.78 is 8.13. The molecule has 2 fully saturated rings. The van der Waals surface area contributed by atoms with Crippen LogP contribution < -0.4 is 4.74 Å². The van der Waals surface area contributed by atoms with E-state index in [1.54, 1.807) is 0 Å². The molecule has 3 rings (SSSR count). The van der Waals surface area contributed by atoms with Crippen LogP contribution >= 0.6 is 31.9 Å². The zero-order valence-electron chi connectivity index (χ0n) is 11.3. The lowest BCUT2D eigenvalue weighted by atomic mass is 9.60. The van der Waals surface area contributed by atoms with E-state index in [1.165, 1.54) is 12.8 Å². The molecule has 2 aliphatic carbocycles. The molecular weight excluding hydrogens is 384 g/mol. The summed E-state index contributed by atoms with van der Waals surface area (Å²) >= 11 is 6.98. The molecule has 1 atom stereocenters. The molecule has 0 heterocycles. The number of hydrogen-bond donors (Lipinski definition) is 0. The monoisotopic (exact) mass is 400 g/mol. The van der Waals surface area contributed by atoms with Crippen LogP contribution in [0.15, 0.2) is 27.1 Å². The number of ketones is 1. The van der Waals surface area contributed by atoms with E-state index in [-0.39, 0.29) is 11.5 Å². The van der Waals surface area contributed by atoms with Gasteiger partial charge in [-0.25, -0.2) is 0 Å². The zero-order chi connectivity index (χ0) is 14.2. The van der Waals surface area contributed by atoms with Crippen molar-refractivity contribution in [1.29, 1.82) is 0 Å². The molecule has 0 bridgehead atoms. The van der Waals surface area contributed by atoms with E-state index >= 15 is 0 Å². The number of Topliss-reactive ketones (excluding diaryl/α,β-unsaturated/α-hetero) is 1. The Morgan fingerprint density at radius 3 is 2.40 bits per heavy atom. The molecule has 108 valence electrons. The van der Waals surface area contributed by atoms with E-state index in [4.69, 9.17) is 4.74 Å². The lowest BCUT2D eigenvalue weighted by Gasteiger charge is -2.47. The van der Waals surface area contributed by atoms with Crippen molar-refractivity contribution in [2.75, 3.05) is 0 Å². The number of hydrogen-bond acceptors (Lipinski definition) is 2. The first-order valence-corrected chi connectivity index (χ1v) is 8.85. The summed E-state index contributed by atoms with van der Waals surface area (Å²) in [6.07, 6.45) is 7.47. The largest absolute Gasteiger partial charge is 0.488 e. The lowest BCUT2D eigenvalue weighted by molar-refractivity contribution is -0.154. The van der Waals surface area contributed by atoms with Gasteiger partial charge in [0.2, 0.25) is 0 Å². The second-order valence-electron chi connectivity index (χ2n) is 5.88. The quantitative estimate of drug-likeness (QED) is 0.674. The normalized spacial score (nSPS) is 25.1. The van der Waals surface area contributed by atoms with Crippen molar-refractivity contribution in [3.63, 3.8) is 0 Å². The van der Waals surface area contributed by atoms with Crippen molar-refractivity contribution in [2.45, 2.75) is 51.0 Å². The van der Waals surface area contributed by atoms with Gasteiger partial charge in [0.25, 0.3) is 0 Å². The average Bonchev–Trinajstić information content (AvgIpc) is 2.69. The first kappa shape index (κ1) is 14.6. The van der Waals surface area contributed by atoms with Gasteiger partial charge in [-0.05, 0) is 47.0 Å². The van der Waals surface area contributed by atoms with Crippen LogP contribution in [0.5, 0.6) is 5.75 Å². The van der Waals surface area contributed by atoms with Gasteiger partial charge < -0.3 is 4.74 Å². The molecule has 0 N–H and O–H groups in total. The number of carbonyl (C=O) groups is 1. The van der Waals surface area contributed by atoms with E-state index in [2.05, 4.69) is 31.9 Å². The fourth-order valence-corrected chi connectivity index (χ4v) is 4.59. The summed E-state index contributed by atoms with van der Waals surface area (Å²) in [6.45, 7) is 0. The second-order valence-corrected chi connectivity index (χ2v) is 7.65. The number of halogens is 2. The standard InChI is InChI=1S/C16H18Br2O2/c17-11-5-6-13(12(18)9-11)20-15-10-14(19)16(15)7-3-1-2-4-8-16/h5-6,9,15H,1-4,7-8,10H2. The Kier molecular flexibility index (Phi) is 4.23. The van der Waals surface area contributed by atoms with Gasteiger partial charge in [0.15, 0.2) is 0 Å². The van der Waals surface area contributed by atoms with Crippen molar-refractivity contribution in [1.82, 2.24) is 0 Å². The molecule has 1 aromatic rings. The molecule has 1 aromatic carbocycles. The highest BCUT2D eigenvalue weighted by Crippen LogP contribution is 2.50. The molecule has 1 unspecified atom stereocenters. The highest BCUT2D eigenvalue weighted by atomic mass is 79.9. The molecule has 0 amide bonds. The number of benzene rings is 1. The summed E-state index contributed by atoms with van der Waals surface area (Å²) in [5, 5.41) is 0. The fourth-order valence-electron chi connectivity index (χ4n) is 3.45. The van der Waals surface area contributed by atoms with E-state index in [0.29, 0.717) is 12.2 Å². The van der Waals surface area contributed by atoms with Crippen LogP contribution in [-0.2, 0) is 4.79 Å². The van der Waals surface area contributed by atoms with Gasteiger partial charge in [-0.3, -0.25) is 4.79 Å². The summed E-state index contributed by atoms with van der Waals surface area (Å²) in [7, 11) is 0. The van der Waals surface area contributed by atoms with Crippen LogP contribution in [-0.4, -0.2) is 11.9 Å². The van der Waals surface area contributed by atoms with Gasteiger partial charge in [0.1, 0.15) is 17.6 Å². The maximum absolute atomic E-state index is 12.2. The van der Waals surface area contributed by atoms with E-state index in [0.717, 1.165) is 40.4 Å². The highest BCUT2D eigenvalue weighted by molar-refractivity contribution is 9.11. The predicted octanol–water partition coefficient (Wildman–Crippen LogP) is 5.27. The molecule has 0 aromatic heterocycles. The van der Waals surface area contributed by atoms with Crippen molar-refractivity contribution in [3.05, 3.63) is 27.1 Å². The van der Waals surface area contributed by atoms with Crippen molar-refractivity contribution in [3.8, 4) is 5.75 Å². The molecule has 0 radical (unpaired) electrons. The average molecular weight is 402 g/mol. The molecule has 2 aliphatic rings. The van der Waals surface area contributed by atoms with Gasteiger partial charge in [-0.1, -0.05) is 41.6 Å². The summed E-state index contributed by atoms with van der Waals surface area (Å²) in [5.74, 6) is 1.26. The van der Waals surface area contributed by atoms with E-state index in [1.807, 2.05) is 18.2 Å². The molecule has 2 saturated carbocycles. The van der Waals surface area contributed by atoms with Crippen LogP contribution in [0.4, 0.5) is 0 Å². The molecule has 0 aliphatic heterocycles. The second kappa shape index (κ2) is 5.80. The van der Waals surface area contributed by atoms with Crippen molar-refractivity contribution in [2.24, 2.45) is 5.41 Å². The summed E-state index contributed by atoms with van der Waals surface area (Å²) in [6, 6.07) is 5.91. The van der Waals surface area contributed by atoms with Crippen LogP contribution in [0.1, 0.15) is 44.9 Å². The first-order valence-electron chi connectivity index (χ1n) is 7.27. The topological polar surface area (TPSA) is 26.3 Å². The predicted molar refractivity (Wildman–Crippen MR) is 86.0 cm³/mol. The van der Waals surface area contributed by atoms with Crippen LogP contribution in [0.3, 0.4) is 0 Å². The van der Waals surface area contributed by atoms with Gasteiger partial charge in [-0.15, -0.1) is 0 Å². The van der Waals surface area contributed by atoms with Gasteiger partial charge in [0.05, 0.1) is 9.89 Å². The van der Waals surface area contributed by atoms with Crippen LogP contribution in [0.25, 0.3) is 0 Å². The molecule has 0 saturated heterocycles. The molecule has 4 heteroatoms.